The van der Waals surface area contributed by atoms with E-state index in [0.717, 1.165) is 5.46 Å². The maximum absolute atomic E-state index is 14.4. The molecule has 26 heavy (non-hydrogen) atoms. The number of alkyl carbamates (subject to hydrolysis) is 1. The van der Waals surface area contributed by atoms with Gasteiger partial charge in [-0.2, -0.15) is 0 Å². The standard InChI is InChI=1S/C20H33BFNO3/c1-18(2,3)20(7,8)26-21(9)15-11-10-14(16(22)12-15)13-23-17(24)25-19(4,5)6/h10-12H,13H2,1-9H3,(H,23,24). The topological polar surface area (TPSA) is 47.6 Å². The van der Waals surface area contributed by atoms with Crippen molar-refractivity contribution < 1.29 is 18.6 Å². The van der Waals surface area contributed by atoms with Gasteiger partial charge in [-0.1, -0.05) is 39.7 Å². The van der Waals surface area contributed by atoms with Crippen molar-refractivity contribution in [2.75, 3.05) is 0 Å². The molecule has 6 heteroatoms. The molecule has 1 amide bonds. The van der Waals surface area contributed by atoms with E-state index < -0.39 is 11.7 Å². The van der Waals surface area contributed by atoms with E-state index in [9.17, 15) is 9.18 Å². The van der Waals surface area contributed by atoms with Crippen LogP contribution in [0.2, 0.25) is 6.82 Å². The average Bonchev–Trinajstić information content (AvgIpc) is 2.42. The second kappa shape index (κ2) is 7.99. The molecule has 4 nitrogen and oxygen atoms in total. The van der Waals surface area contributed by atoms with Gasteiger partial charge in [-0.05, 0) is 51.6 Å². The maximum atomic E-state index is 14.4. The van der Waals surface area contributed by atoms with Crippen LogP contribution in [0.3, 0.4) is 0 Å². The van der Waals surface area contributed by atoms with Crippen molar-refractivity contribution in [2.45, 2.75) is 80.0 Å². The molecule has 0 spiro atoms. The van der Waals surface area contributed by atoms with Gasteiger partial charge in [-0.15, -0.1) is 0 Å². The van der Waals surface area contributed by atoms with Crippen LogP contribution in [0.15, 0.2) is 18.2 Å². The van der Waals surface area contributed by atoms with Gasteiger partial charge in [0.2, 0.25) is 0 Å². The molecule has 0 aliphatic heterocycles. The van der Waals surface area contributed by atoms with Crippen LogP contribution in [0.25, 0.3) is 0 Å². The molecular formula is C20H33BFNO3. The molecule has 0 aliphatic rings. The van der Waals surface area contributed by atoms with E-state index in [1.54, 1.807) is 26.8 Å². The zero-order valence-electron chi connectivity index (χ0n) is 17.6. The molecule has 0 saturated heterocycles. The summed E-state index contributed by atoms with van der Waals surface area (Å²) in [6.07, 6.45) is -0.565. The Morgan fingerprint density at radius 1 is 1.12 bits per heavy atom. The number of halogens is 1. The molecule has 0 unspecified atom stereocenters. The normalized spacial score (nSPS) is 12.7. The van der Waals surface area contributed by atoms with Gasteiger partial charge in [0, 0.05) is 12.1 Å². The Labute approximate surface area is 158 Å². The molecule has 0 fully saturated rings. The molecule has 0 aromatic heterocycles. The zero-order chi connectivity index (χ0) is 20.3. The van der Waals surface area contributed by atoms with Gasteiger partial charge >= 0.3 is 13.0 Å². The molecule has 1 N–H and O–H groups in total. The number of nitrogens with one attached hydrogen (secondary N) is 1. The third-order valence-electron chi connectivity index (χ3n) is 4.65. The fraction of sp³-hybridized carbons (Fsp3) is 0.650. The van der Waals surface area contributed by atoms with E-state index >= 15 is 0 Å². The molecule has 1 aromatic rings. The van der Waals surface area contributed by atoms with Gasteiger partial charge in [-0.3, -0.25) is 0 Å². The predicted molar refractivity (Wildman–Crippen MR) is 105 cm³/mol. The first kappa shape index (κ1) is 22.5. The van der Waals surface area contributed by atoms with Crippen LogP contribution in [0.5, 0.6) is 0 Å². The van der Waals surface area contributed by atoms with E-state index in [-0.39, 0.29) is 30.3 Å². The molecule has 1 aromatic carbocycles. The third kappa shape index (κ3) is 6.63. The van der Waals surface area contributed by atoms with Gasteiger partial charge in [0.05, 0.1) is 5.60 Å². The van der Waals surface area contributed by atoms with Crippen LogP contribution in [-0.4, -0.2) is 24.2 Å². The molecule has 0 aliphatic carbocycles. The van der Waals surface area contributed by atoms with Gasteiger partial charge < -0.3 is 14.7 Å². The second-order valence-corrected chi connectivity index (χ2v) is 9.23. The Morgan fingerprint density at radius 2 is 1.69 bits per heavy atom. The first-order chi connectivity index (χ1) is 11.6. The Hall–Kier alpha value is -1.56. The molecule has 0 radical (unpaired) electrons. The van der Waals surface area contributed by atoms with Gasteiger partial charge in [-0.25, -0.2) is 9.18 Å². The number of ether oxygens (including phenoxy) is 1. The highest BCUT2D eigenvalue weighted by atomic mass is 19.1. The summed E-state index contributed by atoms with van der Waals surface area (Å²) >= 11 is 0. The number of hydrogen-bond acceptors (Lipinski definition) is 3. The van der Waals surface area contributed by atoms with E-state index in [0.29, 0.717) is 5.56 Å². The van der Waals surface area contributed by atoms with Crippen molar-refractivity contribution >= 4 is 18.5 Å². The summed E-state index contributed by atoms with van der Waals surface area (Å²) in [4.78, 5) is 11.7. The molecule has 0 saturated carbocycles. The van der Waals surface area contributed by atoms with Crippen LogP contribution in [0, 0.1) is 11.2 Å². The molecule has 0 bridgehead atoms. The summed E-state index contributed by atoms with van der Waals surface area (Å²) in [5.41, 5.74) is 0.179. The molecule has 146 valence electrons. The monoisotopic (exact) mass is 365 g/mol. The maximum Gasteiger partial charge on any atom is 0.407 e. The Balaban J connectivity index is 2.76. The van der Waals surface area contributed by atoms with Crippen molar-refractivity contribution in [3.8, 4) is 0 Å². The second-order valence-electron chi connectivity index (χ2n) is 9.23. The zero-order valence-corrected chi connectivity index (χ0v) is 17.6. The molecule has 0 heterocycles. The minimum absolute atomic E-state index is 0.0446. The lowest BCUT2D eigenvalue weighted by Gasteiger charge is -2.40. The Morgan fingerprint density at radius 3 is 2.15 bits per heavy atom. The van der Waals surface area contributed by atoms with Gasteiger partial charge in [0.25, 0.3) is 0 Å². The Kier molecular flexibility index (Phi) is 6.91. The number of rotatable bonds is 5. The SMILES string of the molecule is CB(OC(C)(C)C(C)(C)C)c1ccc(CNC(=O)OC(C)(C)C)c(F)c1. The summed E-state index contributed by atoms with van der Waals surface area (Å²) in [5.74, 6) is -0.373. The quantitative estimate of drug-likeness (QED) is 0.781. The highest BCUT2D eigenvalue weighted by Crippen LogP contribution is 2.33. The number of amides is 1. The lowest BCUT2D eigenvalue weighted by atomic mass is 9.61. The van der Waals surface area contributed by atoms with Gasteiger partial charge in [0.1, 0.15) is 11.4 Å². The summed E-state index contributed by atoms with van der Waals surface area (Å²) in [5, 5.41) is 2.57. The highest BCUT2D eigenvalue weighted by molar-refractivity contribution is 6.66. The average molecular weight is 365 g/mol. The highest BCUT2D eigenvalue weighted by Gasteiger charge is 2.36. The van der Waals surface area contributed by atoms with Crippen molar-refractivity contribution in [1.29, 1.82) is 0 Å². The van der Waals surface area contributed by atoms with Crippen molar-refractivity contribution in [2.24, 2.45) is 5.41 Å². The number of hydrogen-bond donors (Lipinski definition) is 1. The summed E-state index contributed by atoms with van der Waals surface area (Å²) < 4.78 is 25.8. The van der Waals surface area contributed by atoms with Crippen molar-refractivity contribution in [3.63, 3.8) is 0 Å². The van der Waals surface area contributed by atoms with Gasteiger partial charge in [0.15, 0.2) is 0 Å². The van der Waals surface area contributed by atoms with E-state index in [1.807, 2.05) is 26.7 Å². The van der Waals surface area contributed by atoms with Crippen molar-refractivity contribution in [3.05, 3.63) is 29.6 Å². The summed E-state index contributed by atoms with van der Waals surface area (Å²) in [6, 6.07) is 4.97. The summed E-state index contributed by atoms with van der Waals surface area (Å²) in [6.45, 7) is 17.5. The molecule has 1 rings (SSSR count). The number of benzene rings is 1. The molecule has 0 atom stereocenters. The fourth-order valence-electron chi connectivity index (χ4n) is 2.13. The smallest absolute Gasteiger partial charge is 0.407 e. The number of carbonyl (C=O) groups excluding carboxylic acids is 1. The van der Waals surface area contributed by atoms with E-state index in [4.69, 9.17) is 9.39 Å². The number of carbonyl (C=O) groups is 1. The minimum atomic E-state index is -0.584. The van der Waals surface area contributed by atoms with Crippen LogP contribution in [0.4, 0.5) is 9.18 Å². The fourth-order valence-corrected chi connectivity index (χ4v) is 2.13. The van der Waals surface area contributed by atoms with Crippen LogP contribution >= 0.6 is 0 Å². The third-order valence-corrected chi connectivity index (χ3v) is 4.65. The lowest BCUT2D eigenvalue weighted by molar-refractivity contribution is 0.000436. The van der Waals surface area contributed by atoms with E-state index in [2.05, 4.69) is 26.1 Å². The van der Waals surface area contributed by atoms with Crippen LogP contribution in [-0.2, 0) is 15.9 Å². The Bertz CT molecular complexity index is 633. The van der Waals surface area contributed by atoms with Crippen LogP contribution in [0.1, 0.15) is 61.0 Å². The van der Waals surface area contributed by atoms with Crippen LogP contribution < -0.4 is 10.8 Å². The predicted octanol–water partition coefficient (Wildman–Crippen LogP) is 4.52. The minimum Gasteiger partial charge on any atom is -0.444 e. The van der Waals surface area contributed by atoms with E-state index in [1.165, 1.54) is 6.07 Å². The lowest BCUT2D eigenvalue weighted by Crippen LogP contribution is -2.47. The summed E-state index contributed by atoms with van der Waals surface area (Å²) in [7, 11) is 0. The van der Waals surface area contributed by atoms with Crippen molar-refractivity contribution in [1.82, 2.24) is 5.32 Å². The first-order valence-electron chi connectivity index (χ1n) is 9.05. The molecular weight excluding hydrogens is 332 g/mol. The first-order valence-corrected chi connectivity index (χ1v) is 9.05. The largest absolute Gasteiger partial charge is 0.444 e.